The second kappa shape index (κ2) is 5.75. The monoisotopic (exact) mass is 289 g/mol. The van der Waals surface area contributed by atoms with Crippen LogP contribution in [-0.2, 0) is 4.74 Å². The van der Waals surface area contributed by atoms with E-state index in [1.807, 2.05) is 0 Å². The largest absolute Gasteiger partial charge is 0.371 e. The van der Waals surface area contributed by atoms with Crippen LogP contribution < -0.4 is 0 Å². The fourth-order valence-electron chi connectivity index (χ4n) is 2.10. The molecule has 19 heavy (non-hydrogen) atoms. The SMILES string of the molecule is COC(C)(C(C)(C)CN(C)C)C(F)(F)C(F)=C(F)F. The first-order valence-corrected chi connectivity index (χ1v) is 5.62. The van der Waals surface area contributed by atoms with Gasteiger partial charge in [0.25, 0.3) is 0 Å². The Morgan fingerprint density at radius 2 is 1.47 bits per heavy atom. The molecule has 0 aliphatic rings. The van der Waals surface area contributed by atoms with E-state index >= 15 is 0 Å². The third-order valence-electron chi connectivity index (χ3n) is 3.45. The number of halogens is 5. The number of hydrogen-bond acceptors (Lipinski definition) is 2. The third-order valence-corrected chi connectivity index (χ3v) is 3.45. The molecule has 0 saturated heterocycles. The van der Waals surface area contributed by atoms with E-state index in [1.165, 1.54) is 13.8 Å². The highest BCUT2D eigenvalue weighted by Gasteiger charge is 2.63. The summed E-state index contributed by atoms with van der Waals surface area (Å²) in [5.41, 5.74) is -3.70. The van der Waals surface area contributed by atoms with Gasteiger partial charge in [-0.15, -0.1) is 0 Å². The number of hydrogen-bond donors (Lipinski definition) is 0. The molecule has 0 rings (SSSR count). The van der Waals surface area contributed by atoms with E-state index in [0.29, 0.717) is 0 Å². The third kappa shape index (κ3) is 3.25. The van der Waals surface area contributed by atoms with Crippen molar-refractivity contribution in [2.24, 2.45) is 5.41 Å². The maximum Gasteiger partial charge on any atom is 0.332 e. The average molecular weight is 289 g/mol. The van der Waals surface area contributed by atoms with E-state index < -0.39 is 28.8 Å². The molecule has 0 bridgehead atoms. The fraction of sp³-hybridized carbons (Fsp3) is 0.833. The van der Waals surface area contributed by atoms with Crippen LogP contribution in [0.15, 0.2) is 11.9 Å². The van der Waals surface area contributed by atoms with E-state index in [9.17, 15) is 22.0 Å². The Morgan fingerprint density at radius 3 is 1.74 bits per heavy atom. The van der Waals surface area contributed by atoms with Crippen molar-refractivity contribution in [2.45, 2.75) is 32.3 Å². The molecular formula is C12H20F5NO. The number of rotatable bonds is 6. The highest BCUT2D eigenvalue weighted by Crippen LogP contribution is 2.50. The standard InChI is InChI=1S/C12H20F5NO/c1-10(2,7-18(4)5)11(3,19-6)12(16,17)8(13)9(14)15/h7H2,1-6H3. The van der Waals surface area contributed by atoms with Gasteiger partial charge in [-0.3, -0.25) is 0 Å². The number of methoxy groups -OCH3 is 1. The minimum Gasteiger partial charge on any atom is -0.371 e. The molecule has 0 saturated carbocycles. The molecule has 0 aliphatic heterocycles. The maximum atomic E-state index is 14.0. The Labute approximate surface area is 110 Å². The van der Waals surface area contributed by atoms with Crippen LogP contribution in [0.4, 0.5) is 22.0 Å². The number of alkyl halides is 2. The lowest BCUT2D eigenvalue weighted by molar-refractivity contribution is -0.229. The molecular weight excluding hydrogens is 269 g/mol. The quantitative estimate of drug-likeness (QED) is 0.691. The van der Waals surface area contributed by atoms with Gasteiger partial charge >= 0.3 is 12.0 Å². The number of nitrogens with zero attached hydrogens (tertiary/aromatic N) is 1. The zero-order chi connectivity index (χ0) is 15.6. The van der Waals surface area contributed by atoms with Crippen LogP contribution in [0.5, 0.6) is 0 Å². The first kappa shape index (κ1) is 18.3. The van der Waals surface area contributed by atoms with Crippen molar-refractivity contribution in [3.05, 3.63) is 11.9 Å². The van der Waals surface area contributed by atoms with Crippen LogP contribution >= 0.6 is 0 Å². The van der Waals surface area contributed by atoms with E-state index in [4.69, 9.17) is 4.74 Å². The molecule has 2 nitrogen and oxygen atoms in total. The first-order valence-electron chi connectivity index (χ1n) is 5.62. The first-order chi connectivity index (χ1) is 8.33. The van der Waals surface area contributed by atoms with Crippen molar-refractivity contribution >= 4 is 0 Å². The molecule has 0 aromatic heterocycles. The van der Waals surface area contributed by atoms with Crippen molar-refractivity contribution in [3.8, 4) is 0 Å². The van der Waals surface area contributed by atoms with Crippen LogP contribution in [0.2, 0.25) is 0 Å². The van der Waals surface area contributed by atoms with Crippen molar-refractivity contribution in [1.29, 1.82) is 0 Å². The van der Waals surface area contributed by atoms with Gasteiger partial charge in [0.2, 0.25) is 5.83 Å². The molecule has 0 spiro atoms. The molecule has 1 unspecified atom stereocenters. The van der Waals surface area contributed by atoms with Gasteiger partial charge in [-0.25, -0.2) is 0 Å². The molecule has 0 N–H and O–H groups in total. The zero-order valence-corrected chi connectivity index (χ0v) is 12.0. The maximum absolute atomic E-state index is 14.0. The summed E-state index contributed by atoms with van der Waals surface area (Å²) in [6.07, 6.45) is -3.03. The molecule has 0 amide bonds. The van der Waals surface area contributed by atoms with Gasteiger partial charge in [-0.2, -0.15) is 22.0 Å². The highest BCUT2D eigenvalue weighted by molar-refractivity contribution is 5.17. The topological polar surface area (TPSA) is 12.5 Å². The summed E-state index contributed by atoms with van der Waals surface area (Å²) in [4.78, 5) is 1.60. The van der Waals surface area contributed by atoms with Crippen molar-refractivity contribution < 1.29 is 26.7 Å². The van der Waals surface area contributed by atoms with Gasteiger partial charge in [-0.05, 0) is 21.0 Å². The van der Waals surface area contributed by atoms with E-state index in [1.54, 1.807) is 19.0 Å². The van der Waals surface area contributed by atoms with E-state index in [0.717, 1.165) is 14.0 Å². The van der Waals surface area contributed by atoms with Gasteiger partial charge in [0.05, 0.1) is 0 Å². The minimum absolute atomic E-state index is 0.105. The van der Waals surface area contributed by atoms with Gasteiger partial charge < -0.3 is 9.64 Å². The van der Waals surface area contributed by atoms with Crippen LogP contribution in [0.1, 0.15) is 20.8 Å². The summed E-state index contributed by atoms with van der Waals surface area (Å²) < 4.78 is 70.3. The smallest absolute Gasteiger partial charge is 0.332 e. The van der Waals surface area contributed by atoms with Crippen LogP contribution in [0.25, 0.3) is 0 Å². The lowest BCUT2D eigenvalue weighted by atomic mass is 9.71. The second-order valence-electron chi connectivity index (χ2n) is 5.51. The lowest BCUT2D eigenvalue weighted by Gasteiger charge is -2.47. The van der Waals surface area contributed by atoms with Crippen LogP contribution in [0.3, 0.4) is 0 Å². The Kier molecular flexibility index (Phi) is 5.54. The molecule has 0 fully saturated rings. The molecule has 0 heterocycles. The summed E-state index contributed by atoms with van der Waals surface area (Å²) in [5, 5.41) is 0. The molecule has 0 aromatic rings. The van der Waals surface area contributed by atoms with Crippen LogP contribution in [0, 0.1) is 5.41 Å². The summed E-state index contributed by atoms with van der Waals surface area (Å²) in [6, 6.07) is 0. The van der Waals surface area contributed by atoms with Crippen molar-refractivity contribution in [2.75, 3.05) is 27.7 Å². The van der Waals surface area contributed by atoms with Crippen molar-refractivity contribution in [1.82, 2.24) is 4.90 Å². The predicted molar refractivity (Wildman–Crippen MR) is 63.0 cm³/mol. The van der Waals surface area contributed by atoms with E-state index in [-0.39, 0.29) is 6.54 Å². The lowest BCUT2D eigenvalue weighted by Crippen LogP contribution is -2.60. The summed E-state index contributed by atoms with van der Waals surface area (Å²) in [7, 11) is 4.23. The Bertz CT molecular complexity index is 350. The second-order valence-corrected chi connectivity index (χ2v) is 5.51. The Morgan fingerprint density at radius 1 is 1.05 bits per heavy atom. The summed E-state index contributed by atoms with van der Waals surface area (Å²) >= 11 is 0. The molecule has 0 radical (unpaired) electrons. The zero-order valence-electron chi connectivity index (χ0n) is 12.0. The average Bonchev–Trinajstić information content (AvgIpc) is 2.24. The van der Waals surface area contributed by atoms with Gasteiger partial charge in [0.1, 0.15) is 5.60 Å². The van der Waals surface area contributed by atoms with Gasteiger partial charge in [0, 0.05) is 19.1 Å². The predicted octanol–water partition coefficient (Wildman–Crippen LogP) is 3.69. The van der Waals surface area contributed by atoms with E-state index in [2.05, 4.69) is 0 Å². The Balaban J connectivity index is 5.79. The minimum atomic E-state index is -4.43. The number of ether oxygens (including phenoxy) is 1. The normalized spacial score (nSPS) is 16.4. The molecule has 0 aliphatic carbocycles. The summed E-state index contributed by atoms with van der Waals surface area (Å²) in [5.74, 6) is -7.18. The summed E-state index contributed by atoms with van der Waals surface area (Å²) in [6.45, 7) is 3.86. The molecule has 1 atom stereocenters. The fourth-order valence-corrected chi connectivity index (χ4v) is 2.10. The van der Waals surface area contributed by atoms with Crippen LogP contribution in [-0.4, -0.2) is 44.2 Å². The van der Waals surface area contributed by atoms with Gasteiger partial charge in [0.15, 0.2) is 0 Å². The Hall–Kier alpha value is -0.690. The molecule has 7 heteroatoms. The van der Waals surface area contributed by atoms with Gasteiger partial charge in [-0.1, -0.05) is 13.8 Å². The highest BCUT2D eigenvalue weighted by atomic mass is 19.3. The molecule has 114 valence electrons. The molecule has 0 aromatic carbocycles. The van der Waals surface area contributed by atoms with Crippen molar-refractivity contribution in [3.63, 3.8) is 0 Å².